The summed E-state index contributed by atoms with van der Waals surface area (Å²) in [6.45, 7) is 6.49. The van der Waals surface area contributed by atoms with Gasteiger partial charge in [-0.3, -0.25) is 14.9 Å². The van der Waals surface area contributed by atoms with Crippen LogP contribution in [0.2, 0.25) is 0 Å². The predicted molar refractivity (Wildman–Crippen MR) is 185 cm³/mol. The SMILES string of the molecule is CCN1CCN(c2ccc(Nc3cc4cc(C(=O)c5c(F)c(OC)cc(OC)c5F)n(Cc5ccc(OC)cc5)c4cn3)c([N+](=O)[O-])c2)CC1. The van der Waals surface area contributed by atoms with Crippen molar-refractivity contribution in [2.24, 2.45) is 0 Å². The molecule has 14 heteroatoms. The molecule has 1 aliphatic rings. The first kappa shape index (κ1) is 34.1. The maximum Gasteiger partial charge on any atom is 0.294 e. The highest BCUT2D eigenvalue weighted by Gasteiger charge is 2.29. The third-order valence-electron chi connectivity index (χ3n) is 8.95. The number of aromatic nitrogens is 2. The minimum absolute atomic E-state index is 0.0265. The number of halogens is 2. The van der Waals surface area contributed by atoms with Gasteiger partial charge < -0.3 is 33.9 Å². The van der Waals surface area contributed by atoms with Gasteiger partial charge in [0.15, 0.2) is 23.1 Å². The number of methoxy groups -OCH3 is 3. The van der Waals surface area contributed by atoms with Gasteiger partial charge in [0.2, 0.25) is 5.78 Å². The van der Waals surface area contributed by atoms with Crippen molar-refractivity contribution >= 4 is 39.6 Å². The molecule has 0 bridgehead atoms. The van der Waals surface area contributed by atoms with E-state index in [0.717, 1.165) is 50.0 Å². The first-order valence-electron chi connectivity index (χ1n) is 15.9. The number of hydrogen-bond donors (Lipinski definition) is 1. The molecule has 0 spiro atoms. The number of likely N-dealkylation sites (N-methyl/N-ethyl adjacent to an activating group) is 1. The highest BCUT2D eigenvalue weighted by Crippen LogP contribution is 2.36. The van der Waals surface area contributed by atoms with Crippen molar-refractivity contribution in [3.8, 4) is 17.2 Å². The molecule has 2 aromatic heterocycles. The number of ketones is 1. The molecule has 5 aromatic rings. The van der Waals surface area contributed by atoms with Crippen molar-refractivity contribution in [3.05, 3.63) is 105 Å². The molecular formula is C36H36F2N6O6. The lowest BCUT2D eigenvalue weighted by atomic mass is 10.0. The molecule has 1 fully saturated rings. The van der Waals surface area contributed by atoms with Crippen LogP contribution in [0.1, 0.15) is 28.5 Å². The van der Waals surface area contributed by atoms with Crippen LogP contribution in [-0.2, 0) is 6.54 Å². The van der Waals surface area contributed by atoms with Gasteiger partial charge in [0, 0.05) is 55.9 Å². The third-order valence-corrected chi connectivity index (χ3v) is 8.95. The smallest absolute Gasteiger partial charge is 0.294 e. The first-order valence-corrected chi connectivity index (χ1v) is 15.9. The van der Waals surface area contributed by atoms with Gasteiger partial charge in [-0.15, -0.1) is 0 Å². The number of pyridine rings is 1. The Morgan fingerprint density at radius 1 is 0.920 bits per heavy atom. The van der Waals surface area contributed by atoms with Crippen molar-refractivity contribution in [2.75, 3.05) is 64.3 Å². The fraction of sp³-hybridized carbons (Fsp3) is 0.278. The molecule has 0 unspecified atom stereocenters. The van der Waals surface area contributed by atoms with Crippen molar-refractivity contribution in [1.29, 1.82) is 0 Å². The number of nitrogens with zero attached hydrogens (tertiary/aromatic N) is 5. The lowest BCUT2D eigenvalue weighted by molar-refractivity contribution is -0.383. The minimum Gasteiger partial charge on any atom is -0.497 e. The topological polar surface area (TPSA) is 124 Å². The van der Waals surface area contributed by atoms with Crippen molar-refractivity contribution in [2.45, 2.75) is 13.5 Å². The monoisotopic (exact) mass is 686 g/mol. The van der Waals surface area contributed by atoms with Crippen LogP contribution in [0.5, 0.6) is 17.2 Å². The van der Waals surface area contributed by atoms with E-state index in [1.165, 1.54) is 26.5 Å². The van der Waals surface area contributed by atoms with E-state index >= 15 is 8.78 Å². The van der Waals surface area contributed by atoms with E-state index in [0.29, 0.717) is 16.7 Å². The normalized spacial score (nSPS) is 13.4. The number of piperazine rings is 1. The van der Waals surface area contributed by atoms with Crippen molar-refractivity contribution < 1.29 is 32.7 Å². The van der Waals surface area contributed by atoms with Crippen molar-refractivity contribution in [1.82, 2.24) is 14.5 Å². The molecule has 0 radical (unpaired) electrons. The zero-order valence-corrected chi connectivity index (χ0v) is 28.0. The van der Waals surface area contributed by atoms with Crippen molar-refractivity contribution in [3.63, 3.8) is 0 Å². The lowest BCUT2D eigenvalue weighted by Gasteiger charge is -2.35. The Kier molecular flexibility index (Phi) is 9.81. The van der Waals surface area contributed by atoms with E-state index in [4.69, 9.17) is 14.2 Å². The Morgan fingerprint density at radius 2 is 1.60 bits per heavy atom. The van der Waals surface area contributed by atoms with Crippen LogP contribution < -0.4 is 24.4 Å². The second-order valence-corrected chi connectivity index (χ2v) is 11.7. The molecule has 3 aromatic carbocycles. The average Bonchev–Trinajstić information content (AvgIpc) is 3.49. The molecule has 12 nitrogen and oxygen atoms in total. The Hall–Kier alpha value is -5.76. The standard InChI is InChI=1S/C36H36F2N6O6/c1-5-41-12-14-42(15-13-41)24-8-11-26(27(18-24)44(46)47)40-32-17-23-16-28(36(45)33-34(37)30(49-3)19-31(50-4)35(33)38)43(29(23)20-39-32)21-22-6-9-25(48-2)10-7-22/h6-11,16-20H,5,12-15,21H2,1-4H3,(H,39,40). The Labute approximate surface area is 286 Å². The number of nitrogens with one attached hydrogen (secondary N) is 1. The van der Waals surface area contributed by atoms with Gasteiger partial charge in [-0.25, -0.2) is 13.8 Å². The van der Waals surface area contributed by atoms with Crippen LogP contribution in [0.15, 0.2) is 66.9 Å². The molecule has 0 amide bonds. The van der Waals surface area contributed by atoms with Crippen LogP contribution in [-0.4, -0.2) is 79.2 Å². The van der Waals surface area contributed by atoms with E-state index in [-0.39, 0.29) is 40.9 Å². The average molecular weight is 687 g/mol. The van der Waals surface area contributed by atoms with E-state index in [1.807, 2.05) is 18.2 Å². The molecule has 260 valence electrons. The van der Waals surface area contributed by atoms with Gasteiger partial charge in [0.05, 0.1) is 43.7 Å². The number of carbonyl (C=O) groups is 1. The van der Waals surface area contributed by atoms with Gasteiger partial charge in [-0.1, -0.05) is 19.1 Å². The fourth-order valence-electron chi connectivity index (χ4n) is 6.15. The third kappa shape index (κ3) is 6.61. The molecule has 1 saturated heterocycles. The van der Waals surface area contributed by atoms with Gasteiger partial charge >= 0.3 is 0 Å². The molecular weight excluding hydrogens is 650 g/mol. The molecule has 3 heterocycles. The summed E-state index contributed by atoms with van der Waals surface area (Å²) in [5.41, 5.74) is 1.28. The van der Waals surface area contributed by atoms with Crippen LogP contribution in [0.4, 0.5) is 31.7 Å². The summed E-state index contributed by atoms with van der Waals surface area (Å²) in [4.78, 5) is 34.7. The summed E-state index contributed by atoms with van der Waals surface area (Å²) in [6.07, 6.45) is 1.50. The van der Waals surface area contributed by atoms with Gasteiger partial charge in [0.1, 0.15) is 22.8 Å². The fourth-order valence-corrected chi connectivity index (χ4v) is 6.15. The van der Waals surface area contributed by atoms with Gasteiger partial charge in [-0.2, -0.15) is 0 Å². The van der Waals surface area contributed by atoms with Crippen LogP contribution >= 0.6 is 0 Å². The van der Waals surface area contributed by atoms with Crippen LogP contribution in [0, 0.1) is 21.7 Å². The Morgan fingerprint density at radius 3 is 2.20 bits per heavy atom. The summed E-state index contributed by atoms with van der Waals surface area (Å²) in [5.74, 6) is -3.08. The molecule has 0 aliphatic carbocycles. The first-order chi connectivity index (χ1) is 24.1. The largest absolute Gasteiger partial charge is 0.497 e. The number of nitro groups is 1. The predicted octanol–water partition coefficient (Wildman–Crippen LogP) is 6.41. The maximum absolute atomic E-state index is 15.5. The molecule has 0 atom stereocenters. The second-order valence-electron chi connectivity index (χ2n) is 11.7. The van der Waals surface area contributed by atoms with E-state index < -0.39 is 27.9 Å². The molecule has 0 saturated carbocycles. The molecule has 6 rings (SSSR count). The summed E-state index contributed by atoms with van der Waals surface area (Å²) in [7, 11) is 3.96. The quantitative estimate of drug-likeness (QED) is 0.0894. The number of anilines is 3. The lowest BCUT2D eigenvalue weighted by Crippen LogP contribution is -2.46. The molecule has 1 N–H and O–H groups in total. The van der Waals surface area contributed by atoms with E-state index in [9.17, 15) is 14.9 Å². The molecule has 50 heavy (non-hydrogen) atoms. The number of benzene rings is 3. The number of nitro benzene ring substituents is 1. The zero-order valence-electron chi connectivity index (χ0n) is 28.0. The van der Waals surface area contributed by atoms with E-state index in [2.05, 4.69) is 27.0 Å². The zero-order chi connectivity index (χ0) is 35.5. The number of carbonyl (C=O) groups excluding carboxylic acids is 1. The number of fused-ring (bicyclic) bond motifs is 1. The highest BCUT2D eigenvalue weighted by molar-refractivity contribution is 6.11. The van der Waals surface area contributed by atoms with Crippen LogP contribution in [0.25, 0.3) is 10.9 Å². The highest BCUT2D eigenvalue weighted by atomic mass is 19.1. The Balaban J connectivity index is 1.39. The summed E-state index contributed by atoms with van der Waals surface area (Å²) >= 11 is 0. The number of rotatable bonds is 12. The minimum atomic E-state index is -1.17. The summed E-state index contributed by atoms with van der Waals surface area (Å²) < 4.78 is 48.0. The Bertz CT molecular complexity index is 2030. The van der Waals surface area contributed by atoms with E-state index in [1.54, 1.807) is 42.0 Å². The number of hydrogen-bond acceptors (Lipinski definition) is 10. The maximum atomic E-state index is 15.5. The second kappa shape index (κ2) is 14.4. The van der Waals surface area contributed by atoms with Gasteiger partial charge in [-0.05, 0) is 48.5 Å². The summed E-state index contributed by atoms with van der Waals surface area (Å²) in [5, 5.41) is 15.7. The summed E-state index contributed by atoms with van der Waals surface area (Å²) in [6, 6.07) is 16.3. The van der Waals surface area contributed by atoms with Gasteiger partial charge in [0.25, 0.3) is 5.69 Å². The molecule has 1 aliphatic heterocycles. The number of ether oxygens (including phenoxy) is 3. The van der Waals surface area contributed by atoms with Crippen LogP contribution in [0.3, 0.4) is 0 Å².